The second-order valence-corrected chi connectivity index (χ2v) is 4.39. The zero-order valence-electron chi connectivity index (χ0n) is 10.3. The molecule has 1 unspecified atom stereocenters. The van der Waals surface area contributed by atoms with Crippen LogP contribution in [0, 0.1) is 0 Å². The third-order valence-electron chi connectivity index (χ3n) is 3.23. The number of aryl methyl sites for hydroxylation is 1. The molecule has 0 radical (unpaired) electrons. The van der Waals surface area contributed by atoms with Crippen LogP contribution in [0.3, 0.4) is 0 Å². The molecule has 1 aromatic rings. The first kappa shape index (κ1) is 11.9. The van der Waals surface area contributed by atoms with Crippen LogP contribution in [0.1, 0.15) is 30.5 Å². The van der Waals surface area contributed by atoms with Gasteiger partial charge in [0, 0.05) is 19.6 Å². The van der Waals surface area contributed by atoms with E-state index in [0.717, 1.165) is 12.8 Å². The van der Waals surface area contributed by atoms with Crippen LogP contribution in [-0.4, -0.2) is 24.6 Å². The number of nitrogens with two attached hydrogens (primary N) is 1. The van der Waals surface area contributed by atoms with E-state index in [4.69, 9.17) is 10.5 Å². The maximum atomic E-state index is 11.6. The Kier molecular flexibility index (Phi) is 3.33. The molecule has 0 saturated heterocycles. The van der Waals surface area contributed by atoms with Crippen LogP contribution in [0.2, 0.25) is 0 Å². The van der Waals surface area contributed by atoms with Crippen LogP contribution in [-0.2, 0) is 6.42 Å². The number of carbonyl (C=O) groups is 1. The second-order valence-electron chi connectivity index (χ2n) is 4.39. The van der Waals surface area contributed by atoms with E-state index in [2.05, 4.69) is 0 Å². The minimum absolute atomic E-state index is 0.132. The molecule has 1 aromatic carbocycles. The van der Waals surface area contributed by atoms with Gasteiger partial charge in [-0.25, -0.2) is 4.79 Å². The van der Waals surface area contributed by atoms with Gasteiger partial charge in [-0.3, -0.25) is 0 Å². The van der Waals surface area contributed by atoms with E-state index in [1.807, 2.05) is 25.1 Å². The first-order valence-corrected chi connectivity index (χ1v) is 5.93. The van der Waals surface area contributed by atoms with Crippen molar-refractivity contribution in [2.45, 2.75) is 25.8 Å². The minimum atomic E-state index is -0.324. The maximum absolute atomic E-state index is 11.6. The van der Waals surface area contributed by atoms with Crippen molar-refractivity contribution in [3.05, 3.63) is 29.3 Å². The largest absolute Gasteiger partial charge is 0.414 e. The fraction of sp³-hybridized carbons (Fsp3) is 0.462. The van der Waals surface area contributed by atoms with E-state index in [1.54, 1.807) is 7.05 Å². The van der Waals surface area contributed by atoms with Crippen molar-refractivity contribution in [2.75, 3.05) is 13.6 Å². The first-order chi connectivity index (χ1) is 8.11. The molecule has 4 nitrogen and oxygen atoms in total. The van der Waals surface area contributed by atoms with Crippen molar-refractivity contribution in [3.8, 4) is 5.75 Å². The molecule has 1 atom stereocenters. The van der Waals surface area contributed by atoms with Gasteiger partial charge in [0.1, 0.15) is 5.75 Å². The summed E-state index contributed by atoms with van der Waals surface area (Å²) >= 11 is 0. The smallest absolute Gasteiger partial charge is 0.410 e. The van der Waals surface area contributed by atoms with Crippen LogP contribution < -0.4 is 10.5 Å². The standard InChI is InChI=1S/C13H18N2O2/c1-3-15(2)13(16)17-10-5-6-11-9(8-10)4-7-12(11)14/h5-6,8,12H,3-4,7,14H2,1-2H3. The summed E-state index contributed by atoms with van der Waals surface area (Å²) in [6, 6.07) is 5.82. The third-order valence-corrected chi connectivity index (χ3v) is 3.23. The molecule has 2 N–H and O–H groups in total. The molecule has 0 aromatic heterocycles. The zero-order chi connectivity index (χ0) is 12.4. The Balaban J connectivity index is 2.11. The molecule has 0 aliphatic heterocycles. The van der Waals surface area contributed by atoms with Gasteiger partial charge in [-0.2, -0.15) is 0 Å². The predicted molar refractivity (Wildman–Crippen MR) is 66.0 cm³/mol. The summed E-state index contributed by atoms with van der Waals surface area (Å²) in [5, 5.41) is 0. The van der Waals surface area contributed by atoms with Gasteiger partial charge < -0.3 is 15.4 Å². The molecular weight excluding hydrogens is 216 g/mol. The second kappa shape index (κ2) is 4.75. The molecule has 0 saturated carbocycles. The van der Waals surface area contributed by atoms with Crippen LogP contribution in [0.5, 0.6) is 5.75 Å². The Morgan fingerprint density at radius 1 is 1.59 bits per heavy atom. The van der Waals surface area contributed by atoms with Gasteiger partial charge in [-0.05, 0) is 43.0 Å². The Labute approximate surface area is 101 Å². The lowest BCUT2D eigenvalue weighted by atomic mass is 10.1. The number of hydrogen-bond acceptors (Lipinski definition) is 3. The van der Waals surface area contributed by atoms with Gasteiger partial charge in [-0.1, -0.05) is 6.07 Å². The summed E-state index contributed by atoms with van der Waals surface area (Å²) in [7, 11) is 1.71. The average Bonchev–Trinajstić information content (AvgIpc) is 2.69. The Hall–Kier alpha value is -1.55. The molecule has 0 spiro atoms. The number of amides is 1. The number of hydrogen-bond donors (Lipinski definition) is 1. The van der Waals surface area contributed by atoms with E-state index in [0.29, 0.717) is 12.3 Å². The Morgan fingerprint density at radius 3 is 3.06 bits per heavy atom. The van der Waals surface area contributed by atoms with Crippen LogP contribution in [0.15, 0.2) is 18.2 Å². The van der Waals surface area contributed by atoms with Gasteiger partial charge in [-0.15, -0.1) is 0 Å². The summed E-state index contributed by atoms with van der Waals surface area (Å²) in [4.78, 5) is 13.1. The van der Waals surface area contributed by atoms with Crippen LogP contribution in [0.4, 0.5) is 4.79 Å². The molecule has 92 valence electrons. The Morgan fingerprint density at radius 2 is 2.35 bits per heavy atom. The molecule has 1 aliphatic carbocycles. The number of benzene rings is 1. The summed E-state index contributed by atoms with van der Waals surface area (Å²) in [6.45, 7) is 2.54. The van der Waals surface area contributed by atoms with Crippen molar-refractivity contribution >= 4 is 6.09 Å². The lowest BCUT2D eigenvalue weighted by molar-refractivity contribution is 0.165. The van der Waals surface area contributed by atoms with E-state index < -0.39 is 0 Å². The summed E-state index contributed by atoms with van der Waals surface area (Å²) in [5.74, 6) is 0.600. The normalized spacial score (nSPS) is 17.7. The van der Waals surface area contributed by atoms with Gasteiger partial charge in [0.25, 0.3) is 0 Å². The SMILES string of the molecule is CCN(C)C(=O)Oc1ccc2c(c1)CCC2N. The summed E-state index contributed by atoms with van der Waals surface area (Å²) in [5.41, 5.74) is 8.32. The lowest BCUT2D eigenvalue weighted by Crippen LogP contribution is -2.29. The van der Waals surface area contributed by atoms with E-state index >= 15 is 0 Å². The van der Waals surface area contributed by atoms with Gasteiger partial charge in [0.2, 0.25) is 0 Å². The third kappa shape index (κ3) is 2.42. The van der Waals surface area contributed by atoms with E-state index in [-0.39, 0.29) is 12.1 Å². The Bertz CT molecular complexity index is 431. The molecule has 2 rings (SSSR count). The van der Waals surface area contributed by atoms with Gasteiger partial charge in [0.05, 0.1) is 0 Å². The highest BCUT2D eigenvalue weighted by Gasteiger charge is 2.20. The van der Waals surface area contributed by atoms with Gasteiger partial charge >= 0.3 is 6.09 Å². The summed E-state index contributed by atoms with van der Waals surface area (Å²) in [6.07, 6.45) is 1.61. The van der Waals surface area contributed by atoms with Crippen LogP contribution in [0.25, 0.3) is 0 Å². The van der Waals surface area contributed by atoms with Crippen molar-refractivity contribution in [1.29, 1.82) is 0 Å². The number of fused-ring (bicyclic) bond motifs is 1. The molecule has 0 bridgehead atoms. The molecule has 4 heteroatoms. The fourth-order valence-corrected chi connectivity index (χ4v) is 2.00. The van der Waals surface area contributed by atoms with Crippen molar-refractivity contribution in [2.24, 2.45) is 5.73 Å². The van der Waals surface area contributed by atoms with Crippen molar-refractivity contribution < 1.29 is 9.53 Å². The van der Waals surface area contributed by atoms with Crippen molar-refractivity contribution in [3.63, 3.8) is 0 Å². The van der Waals surface area contributed by atoms with Crippen LogP contribution >= 0.6 is 0 Å². The number of nitrogens with zero attached hydrogens (tertiary/aromatic N) is 1. The summed E-state index contributed by atoms with van der Waals surface area (Å²) < 4.78 is 5.27. The van der Waals surface area contributed by atoms with Gasteiger partial charge in [0.15, 0.2) is 0 Å². The molecule has 1 aliphatic rings. The fourth-order valence-electron chi connectivity index (χ4n) is 2.00. The first-order valence-electron chi connectivity index (χ1n) is 5.93. The molecule has 17 heavy (non-hydrogen) atoms. The molecular formula is C13H18N2O2. The highest BCUT2D eigenvalue weighted by molar-refractivity contribution is 5.70. The zero-order valence-corrected chi connectivity index (χ0v) is 10.3. The minimum Gasteiger partial charge on any atom is -0.410 e. The van der Waals surface area contributed by atoms with E-state index in [1.165, 1.54) is 16.0 Å². The number of rotatable bonds is 2. The maximum Gasteiger partial charge on any atom is 0.414 e. The highest BCUT2D eigenvalue weighted by atomic mass is 16.6. The van der Waals surface area contributed by atoms with Crippen molar-refractivity contribution in [1.82, 2.24) is 4.90 Å². The lowest BCUT2D eigenvalue weighted by Gasteiger charge is -2.14. The monoisotopic (exact) mass is 234 g/mol. The van der Waals surface area contributed by atoms with E-state index in [9.17, 15) is 4.79 Å². The molecule has 0 heterocycles. The predicted octanol–water partition coefficient (Wildman–Crippen LogP) is 2.08. The quantitative estimate of drug-likeness (QED) is 0.852. The number of carbonyl (C=O) groups excluding carboxylic acids is 1. The number of ether oxygens (including phenoxy) is 1. The molecule has 0 fully saturated rings. The molecule has 1 amide bonds. The average molecular weight is 234 g/mol. The topological polar surface area (TPSA) is 55.6 Å². The highest BCUT2D eigenvalue weighted by Crippen LogP contribution is 2.31.